The summed E-state index contributed by atoms with van der Waals surface area (Å²) in [6.07, 6.45) is 3.64. The highest BCUT2D eigenvalue weighted by Crippen LogP contribution is 2.36. The molecule has 0 aliphatic carbocycles. The first kappa shape index (κ1) is 16.5. The average Bonchev–Trinajstić information content (AvgIpc) is 2.60. The van der Waals surface area contributed by atoms with E-state index in [1.165, 1.54) is 7.11 Å². The molecule has 1 N–H and O–H groups in total. The number of phenolic OH excluding ortho intramolecular Hbond substituents is 1. The zero-order chi connectivity index (χ0) is 16.8. The molecule has 2 aromatic rings. The van der Waals surface area contributed by atoms with E-state index in [0.717, 1.165) is 5.56 Å². The van der Waals surface area contributed by atoms with Gasteiger partial charge in [0.05, 0.1) is 28.4 Å². The van der Waals surface area contributed by atoms with Gasteiger partial charge in [0.25, 0.3) is 0 Å². The Morgan fingerprint density at radius 3 is 2.04 bits per heavy atom. The molecule has 0 aromatic heterocycles. The van der Waals surface area contributed by atoms with Crippen LogP contribution in [0.1, 0.15) is 11.1 Å². The molecule has 0 saturated carbocycles. The fourth-order valence-electron chi connectivity index (χ4n) is 2.15. The molecule has 0 aliphatic heterocycles. The number of aromatic hydroxyl groups is 1. The molecular weight excluding hydrogens is 296 g/mol. The predicted octanol–water partition coefficient (Wildman–Crippen LogP) is 3.60. The Labute approximate surface area is 135 Å². The first-order valence-electron chi connectivity index (χ1n) is 6.98. The second-order valence-corrected chi connectivity index (χ2v) is 4.72. The van der Waals surface area contributed by atoms with Crippen LogP contribution < -0.4 is 18.9 Å². The lowest BCUT2D eigenvalue weighted by Gasteiger charge is -2.10. The topological polar surface area (TPSA) is 57.2 Å². The average molecular weight is 316 g/mol. The second-order valence-electron chi connectivity index (χ2n) is 4.72. The third-order valence-electron chi connectivity index (χ3n) is 3.40. The van der Waals surface area contributed by atoms with Gasteiger partial charge in [-0.25, -0.2) is 0 Å². The molecule has 0 spiro atoms. The zero-order valence-corrected chi connectivity index (χ0v) is 13.6. The van der Waals surface area contributed by atoms with E-state index in [1.54, 1.807) is 39.5 Å². The summed E-state index contributed by atoms with van der Waals surface area (Å²) in [6, 6.07) is 8.93. The van der Waals surface area contributed by atoms with Crippen LogP contribution in [0.4, 0.5) is 0 Å². The van der Waals surface area contributed by atoms with E-state index in [2.05, 4.69) is 0 Å². The van der Waals surface area contributed by atoms with Crippen molar-refractivity contribution in [1.29, 1.82) is 0 Å². The van der Waals surface area contributed by atoms with Gasteiger partial charge in [-0.15, -0.1) is 0 Å². The van der Waals surface area contributed by atoms with Crippen molar-refractivity contribution in [3.8, 4) is 28.7 Å². The Bertz CT molecular complexity index is 707. The summed E-state index contributed by atoms with van der Waals surface area (Å²) in [7, 11) is 6.24. The summed E-state index contributed by atoms with van der Waals surface area (Å²) in [6.45, 7) is 0. The van der Waals surface area contributed by atoms with Crippen molar-refractivity contribution in [3.05, 3.63) is 41.5 Å². The van der Waals surface area contributed by atoms with Crippen molar-refractivity contribution in [2.75, 3.05) is 28.4 Å². The van der Waals surface area contributed by atoms with Crippen molar-refractivity contribution >= 4 is 12.2 Å². The van der Waals surface area contributed by atoms with Crippen molar-refractivity contribution in [2.24, 2.45) is 0 Å². The molecule has 5 heteroatoms. The maximum Gasteiger partial charge on any atom is 0.165 e. The SMILES string of the molecule is COc1cc(/C=C/c2ccc(OC)c(OC)c2)c(O)c(OC)c1. The molecule has 0 unspecified atom stereocenters. The lowest BCUT2D eigenvalue weighted by atomic mass is 10.1. The highest BCUT2D eigenvalue weighted by Gasteiger charge is 2.09. The normalized spacial score (nSPS) is 10.6. The highest BCUT2D eigenvalue weighted by molar-refractivity contribution is 5.75. The summed E-state index contributed by atoms with van der Waals surface area (Å²) < 4.78 is 20.8. The summed E-state index contributed by atoms with van der Waals surface area (Å²) in [4.78, 5) is 0. The van der Waals surface area contributed by atoms with Gasteiger partial charge in [0.15, 0.2) is 23.0 Å². The molecular formula is C18H20O5. The first-order chi connectivity index (χ1) is 11.1. The Hall–Kier alpha value is -2.82. The smallest absolute Gasteiger partial charge is 0.165 e. The molecule has 0 radical (unpaired) electrons. The highest BCUT2D eigenvalue weighted by atomic mass is 16.5. The summed E-state index contributed by atoms with van der Waals surface area (Å²) in [5.74, 6) is 2.32. The van der Waals surface area contributed by atoms with Gasteiger partial charge in [-0.2, -0.15) is 0 Å². The second kappa shape index (κ2) is 7.45. The van der Waals surface area contributed by atoms with Crippen molar-refractivity contribution in [2.45, 2.75) is 0 Å². The maximum atomic E-state index is 10.2. The first-order valence-corrected chi connectivity index (χ1v) is 6.98. The van der Waals surface area contributed by atoms with E-state index in [4.69, 9.17) is 18.9 Å². The third-order valence-corrected chi connectivity index (χ3v) is 3.40. The van der Waals surface area contributed by atoms with Gasteiger partial charge in [-0.3, -0.25) is 0 Å². The summed E-state index contributed by atoms with van der Waals surface area (Å²) in [5, 5.41) is 10.2. The quantitative estimate of drug-likeness (QED) is 0.825. The summed E-state index contributed by atoms with van der Waals surface area (Å²) in [5.41, 5.74) is 1.50. The number of hydrogen-bond donors (Lipinski definition) is 1. The minimum Gasteiger partial charge on any atom is -0.504 e. The molecule has 23 heavy (non-hydrogen) atoms. The van der Waals surface area contributed by atoms with E-state index in [9.17, 15) is 5.11 Å². The lowest BCUT2D eigenvalue weighted by molar-refractivity contribution is 0.355. The van der Waals surface area contributed by atoms with Gasteiger partial charge in [-0.05, 0) is 23.8 Å². The van der Waals surface area contributed by atoms with Gasteiger partial charge in [-0.1, -0.05) is 18.2 Å². The standard InChI is InChI=1S/C18H20O5/c1-20-14-10-13(18(19)17(11-14)23-4)7-5-12-6-8-15(21-2)16(9-12)22-3/h5-11,19H,1-4H3/b7-5+. The third kappa shape index (κ3) is 3.69. The fourth-order valence-corrected chi connectivity index (χ4v) is 2.15. The van der Waals surface area contributed by atoms with E-state index in [0.29, 0.717) is 28.6 Å². The van der Waals surface area contributed by atoms with Crippen LogP contribution in [0.5, 0.6) is 28.7 Å². The number of ether oxygens (including phenoxy) is 4. The number of hydrogen-bond acceptors (Lipinski definition) is 5. The molecule has 0 atom stereocenters. The Morgan fingerprint density at radius 2 is 1.43 bits per heavy atom. The molecule has 2 rings (SSSR count). The van der Waals surface area contributed by atoms with Crippen molar-refractivity contribution in [1.82, 2.24) is 0 Å². The molecule has 122 valence electrons. The Kier molecular flexibility index (Phi) is 5.36. The number of methoxy groups -OCH3 is 4. The van der Waals surface area contributed by atoms with Gasteiger partial charge < -0.3 is 24.1 Å². The molecule has 0 amide bonds. The van der Waals surface area contributed by atoms with Gasteiger partial charge in [0, 0.05) is 11.6 Å². The fraction of sp³-hybridized carbons (Fsp3) is 0.222. The molecule has 2 aromatic carbocycles. The van der Waals surface area contributed by atoms with Crippen molar-refractivity contribution in [3.63, 3.8) is 0 Å². The van der Waals surface area contributed by atoms with Crippen LogP contribution in [-0.4, -0.2) is 33.5 Å². The number of benzene rings is 2. The molecule has 5 nitrogen and oxygen atoms in total. The van der Waals surface area contributed by atoms with E-state index < -0.39 is 0 Å². The summed E-state index contributed by atoms with van der Waals surface area (Å²) >= 11 is 0. The Morgan fingerprint density at radius 1 is 0.739 bits per heavy atom. The predicted molar refractivity (Wildman–Crippen MR) is 89.7 cm³/mol. The monoisotopic (exact) mass is 316 g/mol. The molecule has 0 heterocycles. The minimum atomic E-state index is 0.0602. The van der Waals surface area contributed by atoms with E-state index in [-0.39, 0.29) is 5.75 Å². The maximum absolute atomic E-state index is 10.2. The van der Waals surface area contributed by atoms with Gasteiger partial charge in [0.1, 0.15) is 5.75 Å². The molecule has 0 saturated heterocycles. The zero-order valence-electron chi connectivity index (χ0n) is 13.6. The number of phenols is 1. The van der Waals surface area contributed by atoms with Crippen LogP contribution in [0.2, 0.25) is 0 Å². The van der Waals surface area contributed by atoms with Gasteiger partial charge >= 0.3 is 0 Å². The molecule has 0 fully saturated rings. The van der Waals surface area contributed by atoms with Crippen LogP contribution in [0.3, 0.4) is 0 Å². The van der Waals surface area contributed by atoms with Crippen LogP contribution in [-0.2, 0) is 0 Å². The van der Waals surface area contributed by atoms with E-state index >= 15 is 0 Å². The van der Waals surface area contributed by atoms with Crippen LogP contribution in [0, 0.1) is 0 Å². The minimum absolute atomic E-state index is 0.0602. The van der Waals surface area contributed by atoms with Gasteiger partial charge in [0.2, 0.25) is 0 Å². The van der Waals surface area contributed by atoms with Crippen LogP contribution in [0.25, 0.3) is 12.2 Å². The molecule has 0 aliphatic rings. The van der Waals surface area contributed by atoms with E-state index in [1.807, 2.05) is 24.3 Å². The number of rotatable bonds is 6. The van der Waals surface area contributed by atoms with Crippen molar-refractivity contribution < 1.29 is 24.1 Å². The molecule has 0 bridgehead atoms. The van der Waals surface area contributed by atoms with Crippen LogP contribution >= 0.6 is 0 Å². The lowest BCUT2D eigenvalue weighted by Crippen LogP contribution is -1.91. The van der Waals surface area contributed by atoms with Crippen LogP contribution in [0.15, 0.2) is 30.3 Å². The largest absolute Gasteiger partial charge is 0.504 e. The Balaban J connectivity index is 2.36.